The summed E-state index contributed by atoms with van der Waals surface area (Å²) in [6, 6.07) is 2.75. The summed E-state index contributed by atoms with van der Waals surface area (Å²) in [5.74, 6) is -0.981. The van der Waals surface area contributed by atoms with Gasteiger partial charge in [-0.1, -0.05) is 0 Å². The van der Waals surface area contributed by atoms with Crippen LogP contribution in [0.15, 0.2) is 30.9 Å². The number of urea groups is 1. The van der Waals surface area contributed by atoms with Gasteiger partial charge in [-0.05, 0) is 37.1 Å². The number of carbonyl (C=O) groups is 1. The molecule has 0 saturated carbocycles. The molecule has 2 aromatic rings. The number of nitrogens with one attached hydrogen (secondary N) is 2. The molecule has 0 aliphatic carbocycles. The Balaban J connectivity index is 1.72. The second kappa shape index (κ2) is 7.48. The maximum Gasteiger partial charge on any atom is 0.315 e. The Kier molecular flexibility index (Phi) is 5.40. The van der Waals surface area contributed by atoms with Gasteiger partial charge >= 0.3 is 6.03 Å². The highest BCUT2D eigenvalue weighted by Crippen LogP contribution is 2.09. The summed E-state index contributed by atoms with van der Waals surface area (Å²) < 4.78 is 28.0. The van der Waals surface area contributed by atoms with Crippen LogP contribution in [0.2, 0.25) is 0 Å². The van der Waals surface area contributed by atoms with E-state index in [1.54, 1.807) is 11.0 Å². The predicted octanol–water partition coefficient (Wildman–Crippen LogP) is 1.49. The third-order valence-corrected chi connectivity index (χ3v) is 2.99. The minimum atomic E-state index is -0.498. The highest BCUT2D eigenvalue weighted by atomic mass is 19.1. The van der Waals surface area contributed by atoms with Crippen LogP contribution in [-0.4, -0.2) is 33.4 Å². The molecule has 1 aromatic carbocycles. The Morgan fingerprint density at radius 1 is 1.41 bits per heavy atom. The van der Waals surface area contributed by atoms with Crippen molar-refractivity contribution in [1.29, 1.82) is 0 Å². The van der Waals surface area contributed by atoms with Crippen LogP contribution in [0.5, 0.6) is 0 Å². The normalized spacial score (nSPS) is 12.0. The van der Waals surface area contributed by atoms with Crippen molar-refractivity contribution in [2.75, 3.05) is 6.54 Å². The standard InChI is InChI=1S/C14H17F2N5O/c1-10(7-21-9-17-8-19-21)20-14(22)18-5-4-11-6-12(15)2-3-13(11)16/h2-3,6,8-10H,4-5,7H2,1H3,(H2,18,20,22)/t10-/m1/s1. The van der Waals surface area contributed by atoms with Crippen LogP contribution in [0.1, 0.15) is 12.5 Å². The molecule has 2 amide bonds. The maximum atomic E-state index is 13.4. The molecule has 22 heavy (non-hydrogen) atoms. The number of halogens is 2. The van der Waals surface area contributed by atoms with Crippen LogP contribution in [0, 0.1) is 11.6 Å². The number of aromatic nitrogens is 3. The lowest BCUT2D eigenvalue weighted by molar-refractivity contribution is 0.236. The van der Waals surface area contributed by atoms with E-state index in [1.807, 2.05) is 6.92 Å². The lowest BCUT2D eigenvalue weighted by Gasteiger charge is -2.14. The number of nitrogens with zero attached hydrogens (tertiary/aromatic N) is 3. The van der Waals surface area contributed by atoms with Gasteiger partial charge in [-0.25, -0.2) is 18.6 Å². The van der Waals surface area contributed by atoms with Crippen molar-refractivity contribution < 1.29 is 13.6 Å². The molecule has 0 fully saturated rings. The number of hydrogen-bond acceptors (Lipinski definition) is 3. The molecule has 0 spiro atoms. The summed E-state index contributed by atoms with van der Waals surface area (Å²) in [4.78, 5) is 15.5. The first kappa shape index (κ1) is 15.9. The molecule has 0 radical (unpaired) electrons. The Bertz CT molecular complexity index is 618. The minimum absolute atomic E-state index is 0.146. The van der Waals surface area contributed by atoms with Crippen LogP contribution < -0.4 is 10.6 Å². The zero-order valence-electron chi connectivity index (χ0n) is 12.1. The molecule has 1 heterocycles. The summed E-state index contributed by atoms with van der Waals surface area (Å²) in [6.45, 7) is 2.53. The van der Waals surface area contributed by atoms with Crippen molar-refractivity contribution in [3.63, 3.8) is 0 Å². The molecule has 0 aliphatic heterocycles. The van der Waals surface area contributed by atoms with Crippen molar-refractivity contribution >= 4 is 6.03 Å². The van der Waals surface area contributed by atoms with E-state index in [0.717, 1.165) is 18.2 Å². The average molecular weight is 309 g/mol. The van der Waals surface area contributed by atoms with Crippen molar-refractivity contribution in [3.05, 3.63) is 48.1 Å². The second-order valence-corrected chi connectivity index (χ2v) is 4.90. The van der Waals surface area contributed by atoms with Gasteiger partial charge in [0.2, 0.25) is 0 Å². The summed E-state index contributed by atoms with van der Waals surface area (Å²) in [5, 5.41) is 9.27. The Hall–Kier alpha value is -2.51. The molecule has 118 valence electrons. The molecule has 2 rings (SSSR count). The largest absolute Gasteiger partial charge is 0.338 e. The molecule has 0 aliphatic rings. The molecule has 6 nitrogen and oxygen atoms in total. The van der Waals surface area contributed by atoms with Crippen LogP contribution in [0.4, 0.5) is 13.6 Å². The zero-order chi connectivity index (χ0) is 15.9. The highest BCUT2D eigenvalue weighted by molar-refractivity contribution is 5.74. The smallest absolute Gasteiger partial charge is 0.315 e. The molecule has 8 heteroatoms. The third-order valence-electron chi connectivity index (χ3n) is 2.99. The fourth-order valence-corrected chi connectivity index (χ4v) is 1.97. The molecule has 0 unspecified atom stereocenters. The van der Waals surface area contributed by atoms with E-state index >= 15 is 0 Å². The van der Waals surface area contributed by atoms with Gasteiger partial charge < -0.3 is 10.6 Å². The first-order valence-electron chi connectivity index (χ1n) is 6.85. The van der Waals surface area contributed by atoms with E-state index in [1.165, 1.54) is 6.33 Å². The summed E-state index contributed by atoms with van der Waals surface area (Å²) in [6.07, 6.45) is 3.19. The first-order valence-corrected chi connectivity index (χ1v) is 6.85. The number of carbonyl (C=O) groups excluding carboxylic acids is 1. The van der Waals surface area contributed by atoms with Gasteiger partial charge in [0.25, 0.3) is 0 Å². The zero-order valence-corrected chi connectivity index (χ0v) is 12.1. The van der Waals surface area contributed by atoms with Crippen molar-refractivity contribution in [2.45, 2.75) is 25.9 Å². The van der Waals surface area contributed by atoms with Crippen LogP contribution in [0.3, 0.4) is 0 Å². The van der Waals surface area contributed by atoms with Gasteiger partial charge in [0.15, 0.2) is 0 Å². The van der Waals surface area contributed by atoms with E-state index in [9.17, 15) is 13.6 Å². The van der Waals surface area contributed by atoms with Gasteiger partial charge in [0.1, 0.15) is 24.3 Å². The fourth-order valence-electron chi connectivity index (χ4n) is 1.97. The Morgan fingerprint density at radius 2 is 2.23 bits per heavy atom. The summed E-state index contributed by atoms with van der Waals surface area (Å²) >= 11 is 0. The van der Waals surface area contributed by atoms with Crippen LogP contribution >= 0.6 is 0 Å². The van der Waals surface area contributed by atoms with E-state index in [2.05, 4.69) is 20.7 Å². The minimum Gasteiger partial charge on any atom is -0.338 e. The van der Waals surface area contributed by atoms with Crippen LogP contribution in [-0.2, 0) is 13.0 Å². The molecule has 2 N–H and O–H groups in total. The Morgan fingerprint density at radius 3 is 2.95 bits per heavy atom. The highest BCUT2D eigenvalue weighted by Gasteiger charge is 2.09. The first-order chi connectivity index (χ1) is 10.5. The van der Waals surface area contributed by atoms with Crippen molar-refractivity contribution in [3.8, 4) is 0 Å². The summed E-state index contributed by atoms with van der Waals surface area (Å²) in [7, 11) is 0. The number of benzene rings is 1. The van der Waals surface area contributed by atoms with Crippen molar-refractivity contribution in [1.82, 2.24) is 25.4 Å². The molecule has 1 atom stereocenters. The van der Waals surface area contributed by atoms with Gasteiger partial charge in [0.05, 0.1) is 6.54 Å². The topological polar surface area (TPSA) is 71.8 Å². The second-order valence-electron chi connectivity index (χ2n) is 4.90. The van der Waals surface area contributed by atoms with E-state index < -0.39 is 11.6 Å². The molecule has 0 bridgehead atoms. The predicted molar refractivity (Wildman–Crippen MR) is 76.1 cm³/mol. The number of amides is 2. The number of hydrogen-bond donors (Lipinski definition) is 2. The quantitative estimate of drug-likeness (QED) is 0.849. The van der Waals surface area contributed by atoms with E-state index in [0.29, 0.717) is 6.54 Å². The van der Waals surface area contributed by atoms with Crippen molar-refractivity contribution in [2.24, 2.45) is 0 Å². The number of rotatable bonds is 6. The molecular weight excluding hydrogens is 292 g/mol. The van der Waals surface area contributed by atoms with E-state index in [4.69, 9.17) is 0 Å². The summed E-state index contributed by atoms with van der Waals surface area (Å²) in [5.41, 5.74) is 0.232. The van der Waals surface area contributed by atoms with Gasteiger partial charge in [-0.3, -0.25) is 4.68 Å². The fraction of sp³-hybridized carbons (Fsp3) is 0.357. The lowest BCUT2D eigenvalue weighted by atomic mass is 10.1. The van der Waals surface area contributed by atoms with Gasteiger partial charge in [-0.15, -0.1) is 0 Å². The molecule has 1 aromatic heterocycles. The Labute approximate surface area is 126 Å². The van der Waals surface area contributed by atoms with Crippen LogP contribution in [0.25, 0.3) is 0 Å². The monoisotopic (exact) mass is 309 g/mol. The maximum absolute atomic E-state index is 13.4. The van der Waals surface area contributed by atoms with Gasteiger partial charge in [0, 0.05) is 12.6 Å². The van der Waals surface area contributed by atoms with E-state index in [-0.39, 0.29) is 30.6 Å². The molecule has 0 saturated heterocycles. The average Bonchev–Trinajstić information content (AvgIpc) is 2.95. The SMILES string of the molecule is C[C@H](Cn1cncn1)NC(=O)NCCc1cc(F)ccc1F. The molecular formula is C14H17F2N5O. The lowest BCUT2D eigenvalue weighted by Crippen LogP contribution is -2.43. The van der Waals surface area contributed by atoms with Gasteiger partial charge in [-0.2, -0.15) is 5.10 Å². The third kappa shape index (κ3) is 4.80.